The number of benzene rings is 2. The van der Waals surface area contributed by atoms with Crippen LogP contribution < -0.4 is 9.64 Å². The average Bonchev–Trinajstić information content (AvgIpc) is 2.94. The summed E-state index contributed by atoms with van der Waals surface area (Å²) in [4.78, 5) is 15.6. The normalized spacial score (nSPS) is 17.7. The number of carbonyl (C=O) groups excluding carboxylic acids is 1. The van der Waals surface area contributed by atoms with Crippen molar-refractivity contribution >= 4 is 40.3 Å². The molecular weight excluding hydrogens is 442 g/mol. The van der Waals surface area contributed by atoms with Crippen LogP contribution in [0.25, 0.3) is 0 Å². The zero-order valence-electron chi connectivity index (χ0n) is 19.1. The SMILES string of the molecule is CCOC(=O)/C=C/Oc1cc2c(cc1SC)N(c1ccccc1)CC(CC)(CC)C[S+]2[O-]. The number of esters is 1. The second kappa shape index (κ2) is 11.2. The number of para-hydroxylation sites is 1. The smallest absolute Gasteiger partial charge is 0.333 e. The van der Waals surface area contributed by atoms with E-state index in [1.807, 2.05) is 30.5 Å². The fourth-order valence-corrected chi connectivity index (χ4v) is 6.26. The molecule has 0 saturated heterocycles. The van der Waals surface area contributed by atoms with Crippen molar-refractivity contribution in [3.8, 4) is 5.75 Å². The van der Waals surface area contributed by atoms with Crippen LogP contribution in [0.5, 0.6) is 5.75 Å². The molecule has 0 N–H and O–H groups in total. The van der Waals surface area contributed by atoms with Crippen LogP contribution in [0.15, 0.2) is 64.6 Å². The van der Waals surface area contributed by atoms with Crippen LogP contribution in [0.4, 0.5) is 11.4 Å². The van der Waals surface area contributed by atoms with Gasteiger partial charge in [0, 0.05) is 23.7 Å². The van der Waals surface area contributed by atoms with Crippen molar-refractivity contribution in [1.82, 2.24) is 0 Å². The number of thioether (sulfide) groups is 1. The van der Waals surface area contributed by atoms with E-state index < -0.39 is 17.1 Å². The van der Waals surface area contributed by atoms with Crippen molar-refractivity contribution in [3.05, 3.63) is 54.8 Å². The Kier molecular flexibility index (Phi) is 8.57. The van der Waals surface area contributed by atoms with Gasteiger partial charge in [-0.25, -0.2) is 4.79 Å². The average molecular weight is 474 g/mol. The molecule has 0 fully saturated rings. The molecule has 0 bridgehead atoms. The minimum atomic E-state index is -1.18. The summed E-state index contributed by atoms with van der Waals surface area (Å²) in [7, 11) is 0. The van der Waals surface area contributed by atoms with Crippen LogP contribution in [0.3, 0.4) is 0 Å². The molecule has 0 aliphatic carbocycles. The van der Waals surface area contributed by atoms with Gasteiger partial charge < -0.3 is 18.9 Å². The second-order valence-corrected chi connectivity index (χ2v) is 10.0. The van der Waals surface area contributed by atoms with Gasteiger partial charge in [0.05, 0.1) is 29.5 Å². The van der Waals surface area contributed by atoms with E-state index in [0.717, 1.165) is 40.6 Å². The molecule has 1 atom stereocenters. The second-order valence-electron chi connectivity index (χ2n) is 7.76. The fraction of sp³-hybridized carbons (Fsp3) is 0.400. The lowest BCUT2D eigenvalue weighted by Gasteiger charge is -2.34. The van der Waals surface area contributed by atoms with Gasteiger partial charge in [0.25, 0.3) is 0 Å². The summed E-state index contributed by atoms with van der Waals surface area (Å²) in [5, 5.41) is 0. The Morgan fingerprint density at radius 1 is 1.22 bits per heavy atom. The molecular formula is C25H31NO4S2. The lowest BCUT2D eigenvalue weighted by molar-refractivity contribution is -0.137. The van der Waals surface area contributed by atoms with Crippen molar-refractivity contribution in [2.24, 2.45) is 5.41 Å². The zero-order chi connectivity index (χ0) is 23.1. The predicted molar refractivity (Wildman–Crippen MR) is 132 cm³/mol. The number of hydrogen-bond acceptors (Lipinski definition) is 6. The molecule has 1 heterocycles. The molecule has 0 saturated carbocycles. The van der Waals surface area contributed by atoms with E-state index in [1.165, 1.54) is 12.3 Å². The molecule has 0 radical (unpaired) electrons. The van der Waals surface area contributed by atoms with E-state index in [1.54, 1.807) is 18.7 Å². The zero-order valence-corrected chi connectivity index (χ0v) is 20.8. The summed E-state index contributed by atoms with van der Waals surface area (Å²) in [6.07, 6.45) is 6.47. The predicted octanol–water partition coefficient (Wildman–Crippen LogP) is 5.93. The molecule has 2 aromatic carbocycles. The van der Waals surface area contributed by atoms with Gasteiger partial charge in [-0.3, -0.25) is 0 Å². The van der Waals surface area contributed by atoms with Crippen LogP contribution in [0.1, 0.15) is 33.6 Å². The first kappa shape index (κ1) is 24.6. The van der Waals surface area contributed by atoms with E-state index in [4.69, 9.17) is 9.47 Å². The van der Waals surface area contributed by atoms with Gasteiger partial charge in [0.1, 0.15) is 11.5 Å². The van der Waals surface area contributed by atoms with Crippen molar-refractivity contribution in [2.45, 2.75) is 43.4 Å². The highest BCUT2D eigenvalue weighted by Crippen LogP contribution is 2.46. The maximum Gasteiger partial charge on any atom is 0.333 e. The molecule has 32 heavy (non-hydrogen) atoms. The minimum absolute atomic E-state index is 0.0515. The quantitative estimate of drug-likeness (QED) is 0.156. The van der Waals surface area contributed by atoms with Crippen LogP contribution >= 0.6 is 11.8 Å². The number of nitrogens with zero attached hydrogens (tertiary/aromatic N) is 1. The molecule has 0 spiro atoms. The van der Waals surface area contributed by atoms with Crippen molar-refractivity contribution < 1.29 is 18.8 Å². The van der Waals surface area contributed by atoms with Crippen molar-refractivity contribution in [3.63, 3.8) is 0 Å². The molecule has 1 unspecified atom stereocenters. The third kappa shape index (κ3) is 5.45. The van der Waals surface area contributed by atoms with Gasteiger partial charge in [-0.15, -0.1) is 11.8 Å². The Bertz CT molecular complexity index is 944. The maximum absolute atomic E-state index is 13.6. The molecule has 5 nitrogen and oxygen atoms in total. The summed E-state index contributed by atoms with van der Waals surface area (Å²) >= 11 is 0.373. The van der Waals surface area contributed by atoms with Gasteiger partial charge >= 0.3 is 5.97 Å². The molecule has 0 amide bonds. The Morgan fingerprint density at radius 2 is 1.94 bits per heavy atom. The molecule has 2 aromatic rings. The van der Waals surface area contributed by atoms with Gasteiger partial charge in [0.15, 0.2) is 4.90 Å². The minimum Gasteiger partial charge on any atom is -0.611 e. The van der Waals surface area contributed by atoms with Gasteiger partial charge in [-0.2, -0.15) is 0 Å². The third-order valence-corrected chi connectivity index (χ3v) is 8.42. The highest BCUT2D eigenvalue weighted by Gasteiger charge is 2.41. The fourth-order valence-electron chi connectivity index (χ4n) is 3.87. The summed E-state index contributed by atoms with van der Waals surface area (Å²) in [5.74, 6) is 0.730. The molecule has 172 valence electrons. The van der Waals surface area contributed by atoms with Crippen LogP contribution in [-0.2, 0) is 20.7 Å². The monoisotopic (exact) mass is 473 g/mol. The van der Waals surface area contributed by atoms with Gasteiger partial charge in [-0.1, -0.05) is 32.0 Å². The van der Waals surface area contributed by atoms with Crippen molar-refractivity contribution in [1.29, 1.82) is 0 Å². The molecule has 0 aromatic heterocycles. The summed E-state index contributed by atoms with van der Waals surface area (Å²) in [6.45, 7) is 7.23. The van der Waals surface area contributed by atoms with E-state index in [-0.39, 0.29) is 5.41 Å². The first-order valence-corrected chi connectivity index (χ1v) is 13.4. The summed E-state index contributed by atoms with van der Waals surface area (Å²) < 4.78 is 24.3. The summed E-state index contributed by atoms with van der Waals surface area (Å²) in [5.41, 5.74) is 1.98. The number of fused-ring (bicyclic) bond motifs is 1. The maximum atomic E-state index is 13.6. The van der Waals surface area contributed by atoms with Crippen LogP contribution in [0, 0.1) is 5.41 Å². The number of carbonyl (C=O) groups is 1. The first-order valence-electron chi connectivity index (χ1n) is 10.9. The molecule has 1 aliphatic rings. The molecule has 1 aliphatic heterocycles. The lowest BCUT2D eigenvalue weighted by Crippen LogP contribution is -2.37. The Morgan fingerprint density at radius 3 is 2.56 bits per heavy atom. The van der Waals surface area contributed by atoms with Crippen LogP contribution in [0.2, 0.25) is 0 Å². The van der Waals surface area contributed by atoms with E-state index in [2.05, 4.69) is 36.9 Å². The van der Waals surface area contributed by atoms with Gasteiger partial charge in [-0.05, 0) is 55.4 Å². The van der Waals surface area contributed by atoms with Crippen LogP contribution in [-0.4, -0.2) is 35.7 Å². The van der Waals surface area contributed by atoms with E-state index in [0.29, 0.717) is 18.1 Å². The largest absolute Gasteiger partial charge is 0.611 e. The Labute approximate surface area is 198 Å². The Hall–Kier alpha value is -2.09. The highest BCUT2D eigenvalue weighted by molar-refractivity contribution is 7.98. The topological polar surface area (TPSA) is 61.8 Å². The standard InChI is InChI=1S/C25H31NO4S2/c1-5-25(6-2)17-26(19-11-9-8-10-12-19)20-15-22(31-4)21(16-23(20)32(28)18-25)30-14-13-24(27)29-7-3/h8-16H,5-7,17-18H2,1-4H3/b14-13+. The summed E-state index contributed by atoms with van der Waals surface area (Å²) in [6, 6.07) is 14.2. The molecule has 7 heteroatoms. The highest BCUT2D eigenvalue weighted by atomic mass is 32.2. The Balaban J connectivity index is 2.07. The number of ether oxygens (including phenoxy) is 2. The molecule has 3 rings (SSSR count). The number of hydrogen-bond donors (Lipinski definition) is 0. The van der Waals surface area contributed by atoms with Crippen molar-refractivity contribution in [2.75, 3.05) is 30.1 Å². The lowest BCUT2D eigenvalue weighted by atomic mass is 9.83. The van der Waals surface area contributed by atoms with E-state index in [9.17, 15) is 9.35 Å². The first-order chi connectivity index (χ1) is 15.5. The van der Waals surface area contributed by atoms with Gasteiger partial charge in [0.2, 0.25) is 0 Å². The van der Waals surface area contributed by atoms with E-state index >= 15 is 0 Å². The third-order valence-electron chi connectivity index (χ3n) is 5.97. The number of anilines is 2. The number of rotatable bonds is 8.